The highest BCUT2D eigenvalue weighted by molar-refractivity contribution is 5.60. The first-order valence-electron chi connectivity index (χ1n) is 6.95. The molecule has 2 aromatic rings. The summed E-state index contributed by atoms with van der Waals surface area (Å²) in [5.74, 6) is 0.726. The Balaban J connectivity index is 1.70. The Kier molecular flexibility index (Phi) is 3.79. The van der Waals surface area contributed by atoms with Gasteiger partial charge in [-0.1, -0.05) is 12.1 Å². The lowest BCUT2D eigenvalue weighted by atomic mass is 9.99. The summed E-state index contributed by atoms with van der Waals surface area (Å²) >= 11 is 0. The topological polar surface area (TPSA) is 41.9 Å². The summed E-state index contributed by atoms with van der Waals surface area (Å²) in [7, 11) is 0. The summed E-state index contributed by atoms with van der Waals surface area (Å²) in [4.78, 5) is 4.11. The number of piperidine rings is 1. The molecular weight excluding hydrogens is 236 g/mol. The van der Waals surface area contributed by atoms with E-state index in [1.165, 1.54) is 25.1 Å². The minimum atomic E-state index is 0.726. The van der Waals surface area contributed by atoms with Gasteiger partial charge in [-0.15, -0.1) is 0 Å². The van der Waals surface area contributed by atoms with Crippen LogP contribution < -0.4 is 10.6 Å². The van der Waals surface area contributed by atoms with Crippen molar-refractivity contribution in [2.24, 2.45) is 5.92 Å². The van der Waals surface area contributed by atoms with Gasteiger partial charge in [0.2, 0.25) is 0 Å². The molecule has 4 heteroatoms. The molecule has 4 nitrogen and oxygen atoms in total. The fourth-order valence-electron chi connectivity index (χ4n) is 2.60. The van der Waals surface area contributed by atoms with E-state index in [1.807, 2.05) is 23.3 Å². The molecule has 1 aromatic carbocycles. The Morgan fingerprint density at radius 2 is 2.32 bits per heavy atom. The molecule has 0 radical (unpaired) electrons. The predicted octanol–water partition coefficient (Wildman–Crippen LogP) is 2.28. The van der Waals surface area contributed by atoms with Crippen molar-refractivity contribution in [1.82, 2.24) is 14.9 Å². The zero-order valence-electron chi connectivity index (χ0n) is 11.0. The largest absolute Gasteiger partial charge is 0.383 e. The van der Waals surface area contributed by atoms with Crippen LogP contribution in [-0.4, -0.2) is 29.2 Å². The molecule has 1 unspecified atom stereocenters. The summed E-state index contributed by atoms with van der Waals surface area (Å²) in [6.45, 7) is 3.32. The minimum absolute atomic E-state index is 0.726. The van der Waals surface area contributed by atoms with E-state index >= 15 is 0 Å². The molecule has 1 atom stereocenters. The van der Waals surface area contributed by atoms with Crippen molar-refractivity contribution in [2.75, 3.05) is 25.0 Å². The number of hydrogen-bond donors (Lipinski definition) is 2. The zero-order chi connectivity index (χ0) is 12.9. The number of rotatable bonds is 4. The summed E-state index contributed by atoms with van der Waals surface area (Å²) in [5.41, 5.74) is 2.33. The molecule has 1 saturated heterocycles. The normalized spacial score (nSPS) is 19.3. The Bertz CT molecular complexity index is 501. The van der Waals surface area contributed by atoms with Gasteiger partial charge >= 0.3 is 0 Å². The van der Waals surface area contributed by atoms with Gasteiger partial charge < -0.3 is 15.2 Å². The van der Waals surface area contributed by atoms with E-state index in [0.29, 0.717) is 0 Å². The van der Waals surface area contributed by atoms with Crippen LogP contribution in [-0.2, 0) is 0 Å². The van der Waals surface area contributed by atoms with Gasteiger partial charge in [0.1, 0.15) is 0 Å². The first-order valence-corrected chi connectivity index (χ1v) is 6.95. The van der Waals surface area contributed by atoms with Crippen molar-refractivity contribution in [2.45, 2.75) is 12.8 Å². The molecular formula is C15H20N4. The average molecular weight is 256 g/mol. The zero-order valence-corrected chi connectivity index (χ0v) is 11.0. The molecule has 3 rings (SSSR count). The van der Waals surface area contributed by atoms with Crippen LogP contribution in [0.25, 0.3) is 5.69 Å². The predicted molar refractivity (Wildman–Crippen MR) is 77.6 cm³/mol. The van der Waals surface area contributed by atoms with E-state index in [0.717, 1.165) is 24.7 Å². The van der Waals surface area contributed by atoms with E-state index in [-0.39, 0.29) is 0 Å². The second-order valence-corrected chi connectivity index (χ2v) is 5.08. The van der Waals surface area contributed by atoms with Crippen molar-refractivity contribution in [1.29, 1.82) is 0 Å². The summed E-state index contributed by atoms with van der Waals surface area (Å²) in [5, 5.41) is 7.04. The molecule has 100 valence electrons. The number of hydrogen-bond acceptors (Lipinski definition) is 3. The van der Waals surface area contributed by atoms with Crippen LogP contribution in [0.5, 0.6) is 0 Å². The quantitative estimate of drug-likeness (QED) is 0.882. The summed E-state index contributed by atoms with van der Waals surface area (Å²) in [6.07, 6.45) is 8.22. The Morgan fingerprint density at radius 3 is 3.11 bits per heavy atom. The fraction of sp³-hybridized carbons (Fsp3) is 0.400. The van der Waals surface area contributed by atoms with Gasteiger partial charge in [-0.3, -0.25) is 0 Å². The first kappa shape index (κ1) is 12.2. The molecule has 1 fully saturated rings. The van der Waals surface area contributed by atoms with Crippen LogP contribution in [0.2, 0.25) is 0 Å². The monoisotopic (exact) mass is 256 g/mol. The van der Waals surface area contributed by atoms with Gasteiger partial charge in [0.05, 0.1) is 17.7 Å². The summed E-state index contributed by atoms with van der Waals surface area (Å²) < 4.78 is 2.04. The lowest BCUT2D eigenvalue weighted by molar-refractivity contribution is 0.393. The van der Waals surface area contributed by atoms with Gasteiger partial charge in [-0.05, 0) is 44.0 Å². The van der Waals surface area contributed by atoms with E-state index in [1.54, 1.807) is 0 Å². The third kappa shape index (κ3) is 2.96. The van der Waals surface area contributed by atoms with Crippen molar-refractivity contribution in [3.63, 3.8) is 0 Å². The number of aromatic nitrogens is 2. The minimum Gasteiger partial charge on any atom is -0.383 e. The van der Waals surface area contributed by atoms with Gasteiger partial charge in [-0.25, -0.2) is 4.98 Å². The van der Waals surface area contributed by atoms with Crippen LogP contribution in [0, 0.1) is 5.92 Å². The van der Waals surface area contributed by atoms with Crippen molar-refractivity contribution < 1.29 is 0 Å². The highest BCUT2D eigenvalue weighted by Gasteiger charge is 2.13. The molecule has 0 saturated carbocycles. The van der Waals surface area contributed by atoms with Gasteiger partial charge in [0, 0.05) is 18.9 Å². The number of benzene rings is 1. The molecule has 0 spiro atoms. The van der Waals surface area contributed by atoms with Crippen LogP contribution >= 0.6 is 0 Å². The molecule has 0 bridgehead atoms. The standard InChI is InChI=1S/C15H20N4/c1-2-6-15(19-9-8-17-12-19)14(5-1)18-11-13-4-3-7-16-10-13/h1-2,5-6,8-9,12-13,16,18H,3-4,7,10-11H2. The Labute approximate surface area is 113 Å². The second kappa shape index (κ2) is 5.89. The van der Waals surface area contributed by atoms with E-state index < -0.39 is 0 Å². The molecule has 0 amide bonds. The van der Waals surface area contributed by atoms with Crippen molar-refractivity contribution >= 4 is 5.69 Å². The number of nitrogens with one attached hydrogen (secondary N) is 2. The molecule has 1 aliphatic heterocycles. The van der Waals surface area contributed by atoms with E-state index in [9.17, 15) is 0 Å². The van der Waals surface area contributed by atoms with Crippen LogP contribution in [0.15, 0.2) is 43.0 Å². The van der Waals surface area contributed by atoms with Gasteiger partial charge in [0.25, 0.3) is 0 Å². The Hall–Kier alpha value is -1.81. The fourth-order valence-corrected chi connectivity index (χ4v) is 2.60. The number of nitrogens with zero attached hydrogens (tertiary/aromatic N) is 2. The highest BCUT2D eigenvalue weighted by atomic mass is 15.1. The Morgan fingerprint density at radius 1 is 1.37 bits per heavy atom. The average Bonchev–Trinajstić information content (AvgIpc) is 3.01. The van der Waals surface area contributed by atoms with E-state index in [4.69, 9.17) is 0 Å². The van der Waals surface area contributed by atoms with Crippen LogP contribution in [0.3, 0.4) is 0 Å². The van der Waals surface area contributed by atoms with Crippen molar-refractivity contribution in [3.05, 3.63) is 43.0 Å². The van der Waals surface area contributed by atoms with Gasteiger partial charge in [0.15, 0.2) is 0 Å². The SMILES string of the molecule is c1ccc(-n2ccnc2)c(NCC2CCCNC2)c1. The molecule has 1 aliphatic rings. The maximum atomic E-state index is 4.11. The van der Waals surface area contributed by atoms with Crippen LogP contribution in [0.4, 0.5) is 5.69 Å². The first-order chi connectivity index (χ1) is 9.43. The molecule has 0 aliphatic carbocycles. The molecule has 19 heavy (non-hydrogen) atoms. The molecule has 2 N–H and O–H groups in total. The highest BCUT2D eigenvalue weighted by Crippen LogP contribution is 2.20. The third-order valence-corrected chi connectivity index (χ3v) is 3.67. The molecule has 2 heterocycles. The van der Waals surface area contributed by atoms with Gasteiger partial charge in [-0.2, -0.15) is 0 Å². The van der Waals surface area contributed by atoms with E-state index in [2.05, 4.69) is 39.9 Å². The van der Waals surface area contributed by atoms with Crippen LogP contribution in [0.1, 0.15) is 12.8 Å². The summed E-state index contributed by atoms with van der Waals surface area (Å²) in [6, 6.07) is 8.37. The lowest BCUT2D eigenvalue weighted by Gasteiger charge is -2.24. The smallest absolute Gasteiger partial charge is 0.0992 e. The third-order valence-electron chi connectivity index (χ3n) is 3.67. The van der Waals surface area contributed by atoms with Crippen molar-refractivity contribution in [3.8, 4) is 5.69 Å². The maximum Gasteiger partial charge on any atom is 0.0992 e. The second-order valence-electron chi connectivity index (χ2n) is 5.08. The number of imidazole rings is 1. The lowest BCUT2D eigenvalue weighted by Crippen LogP contribution is -2.33. The number of para-hydroxylation sites is 2. The molecule has 1 aromatic heterocycles. The number of anilines is 1. The maximum absolute atomic E-state index is 4.11.